The Balaban J connectivity index is 0.00000289. The summed E-state index contributed by atoms with van der Waals surface area (Å²) in [4.78, 5) is 11.7. The van der Waals surface area contributed by atoms with Crippen LogP contribution in [0, 0.1) is 0 Å². The Kier molecular flexibility index (Phi) is 5.57. The molecule has 0 spiro atoms. The molecule has 0 bridgehead atoms. The van der Waals surface area contributed by atoms with Crippen LogP contribution in [0.15, 0.2) is 12.1 Å². The first-order valence-electron chi connectivity index (χ1n) is 4.33. The molecule has 1 aromatic rings. The van der Waals surface area contributed by atoms with Gasteiger partial charge in [-0.25, -0.2) is 0 Å². The van der Waals surface area contributed by atoms with Gasteiger partial charge < -0.3 is 11.3 Å². The van der Waals surface area contributed by atoms with Crippen LogP contribution in [-0.4, -0.2) is 29.1 Å². The molecule has 0 aliphatic rings. The molecule has 0 amide bonds. The Morgan fingerprint density at radius 2 is 1.72 bits per heavy atom. The van der Waals surface area contributed by atoms with E-state index in [0.29, 0.717) is 0 Å². The van der Waals surface area contributed by atoms with E-state index in [1.807, 2.05) is 0 Å². The lowest BCUT2D eigenvalue weighted by molar-refractivity contribution is 0.0986. The zero-order chi connectivity index (χ0) is 13.4. The number of hydrogen-bond donors (Lipinski definition) is 3. The van der Waals surface area contributed by atoms with Gasteiger partial charge in [-0.2, -0.15) is 8.42 Å². The lowest BCUT2D eigenvalue weighted by Crippen LogP contribution is -2.26. The van der Waals surface area contributed by atoms with Gasteiger partial charge in [0.1, 0.15) is 11.0 Å². The van der Waals surface area contributed by atoms with Crippen LogP contribution in [0.2, 0.25) is 10.0 Å². The number of benzene rings is 1. The van der Waals surface area contributed by atoms with Crippen molar-refractivity contribution in [3.8, 4) is 5.75 Å². The summed E-state index contributed by atoms with van der Waals surface area (Å²) in [6.07, 6.45) is 0. The van der Waals surface area contributed by atoms with Crippen molar-refractivity contribution in [2.45, 2.75) is 12.2 Å². The van der Waals surface area contributed by atoms with Gasteiger partial charge in [-0.3, -0.25) is 9.35 Å². The highest BCUT2D eigenvalue weighted by atomic mass is 35.5. The first-order valence-corrected chi connectivity index (χ1v) is 6.59. The number of carbonyl (C=O) groups excluding carboxylic acids is 1. The number of aromatic hydroxyl groups is 1. The zero-order valence-electron chi connectivity index (χ0n) is 9.22. The molecule has 6 nitrogen and oxygen atoms in total. The summed E-state index contributed by atoms with van der Waals surface area (Å²) in [6.45, 7) is 1.000. The molecule has 102 valence electrons. The van der Waals surface area contributed by atoms with Crippen molar-refractivity contribution in [3.63, 3.8) is 0 Å². The Morgan fingerprint density at radius 1 is 1.28 bits per heavy atom. The highest BCUT2D eigenvalue weighted by Crippen LogP contribution is 2.31. The minimum absolute atomic E-state index is 0. The molecule has 0 saturated carbocycles. The lowest BCUT2D eigenvalue weighted by atomic mass is 10.1. The molecule has 0 fully saturated rings. The minimum atomic E-state index is -4.53. The second kappa shape index (κ2) is 5.85. The fraction of sp³-hybridized carbons (Fsp3) is 0.222. The molecule has 1 atom stereocenters. The summed E-state index contributed by atoms with van der Waals surface area (Å²) in [7, 11) is -4.53. The molecule has 0 aliphatic heterocycles. The number of halogens is 2. The quantitative estimate of drug-likeness (QED) is 0.580. The zero-order valence-corrected chi connectivity index (χ0v) is 11.6. The molecule has 5 N–H and O–H groups in total. The average Bonchev–Trinajstić information content (AvgIpc) is 2.20. The average molecular weight is 316 g/mol. The first kappa shape index (κ1) is 17.1. The molecule has 1 unspecified atom stereocenters. The highest BCUT2D eigenvalue weighted by molar-refractivity contribution is 7.87. The van der Waals surface area contributed by atoms with E-state index in [9.17, 15) is 18.3 Å². The normalized spacial score (nSPS) is 12.7. The third kappa shape index (κ3) is 3.56. The SMILES string of the molecule is CC(C(=O)c1cc(Cl)c(Cl)cc1O)S(=O)(=O)O.N. The molecule has 9 heteroatoms. The molecule has 1 rings (SSSR count). The molecular formula is C9H11Cl2NO5S. The fourth-order valence-corrected chi connectivity index (χ4v) is 1.81. The van der Waals surface area contributed by atoms with E-state index in [0.717, 1.165) is 19.1 Å². The maximum absolute atomic E-state index is 11.7. The van der Waals surface area contributed by atoms with Crippen molar-refractivity contribution in [3.05, 3.63) is 27.7 Å². The van der Waals surface area contributed by atoms with Gasteiger partial charge in [0.05, 0.1) is 15.6 Å². The Bertz CT molecular complexity index is 573. The Hall–Kier alpha value is -0.860. The van der Waals surface area contributed by atoms with Gasteiger partial charge in [0, 0.05) is 6.07 Å². The van der Waals surface area contributed by atoms with Gasteiger partial charge in [-0.05, 0) is 13.0 Å². The fourth-order valence-electron chi connectivity index (χ4n) is 1.09. The van der Waals surface area contributed by atoms with E-state index in [2.05, 4.69) is 0 Å². The van der Waals surface area contributed by atoms with Crippen molar-refractivity contribution in [2.75, 3.05) is 0 Å². The number of rotatable bonds is 3. The summed E-state index contributed by atoms with van der Waals surface area (Å²) < 4.78 is 30.3. The van der Waals surface area contributed by atoms with Gasteiger partial charge in [-0.15, -0.1) is 0 Å². The van der Waals surface area contributed by atoms with Crippen LogP contribution in [0.3, 0.4) is 0 Å². The minimum Gasteiger partial charge on any atom is -0.507 e. The van der Waals surface area contributed by atoms with E-state index in [4.69, 9.17) is 27.8 Å². The molecule has 0 heterocycles. The second-order valence-corrected chi connectivity index (χ2v) is 5.86. The molecule has 0 radical (unpaired) electrons. The second-order valence-electron chi connectivity index (χ2n) is 3.30. The van der Waals surface area contributed by atoms with Crippen molar-refractivity contribution in [1.82, 2.24) is 6.15 Å². The summed E-state index contributed by atoms with van der Waals surface area (Å²) in [5, 5.41) is 7.79. The van der Waals surface area contributed by atoms with Crippen molar-refractivity contribution >= 4 is 39.1 Å². The summed E-state index contributed by atoms with van der Waals surface area (Å²) in [5.74, 6) is -1.47. The summed E-state index contributed by atoms with van der Waals surface area (Å²) in [6, 6.07) is 2.07. The molecule has 0 aliphatic carbocycles. The molecule has 18 heavy (non-hydrogen) atoms. The number of carbonyl (C=O) groups is 1. The van der Waals surface area contributed by atoms with Crippen LogP contribution in [0.1, 0.15) is 17.3 Å². The van der Waals surface area contributed by atoms with Crippen LogP contribution in [0.25, 0.3) is 0 Å². The number of phenolic OH excluding ortho intramolecular Hbond substituents is 1. The maximum atomic E-state index is 11.7. The van der Waals surface area contributed by atoms with Crippen LogP contribution in [0.4, 0.5) is 0 Å². The van der Waals surface area contributed by atoms with E-state index >= 15 is 0 Å². The van der Waals surface area contributed by atoms with Gasteiger partial charge >= 0.3 is 0 Å². The van der Waals surface area contributed by atoms with Gasteiger partial charge in [0.15, 0.2) is 5.78 Å². The molecule has 1 aromatic carbocycles. The number of Topliss-reactive ketones (excluding diaryl/α,β-unsaturated/α-hetero) is 1. The third-order valence-corrected chi connectivity index (χ3v) is 3.95. The van der Waals surface area contributed by atoms with Gasteiger partial charge in [0.25, 0.3) is 10.1 Å². The first-order chi connectivity index (χ1) is 7.64. The topological polar surface area (TPSA) is 127 Å². The van der Waals surface area contributed by atoms with Crippen molar-refractivity contribution in [2.24, 2.45) is 0 Å². The van der Waals surface area contributed by atoms with E-state index in [1.54, 1.807) is 0 Å². The third-order valence-electron chi connectivity index (χ3n) is 2.12. The Morgan fingerprint density at radius 3 is 2.17 bits per heavy atom. The van der Waals surface area contributed by atoms with Crippen LogP contribution in [-0.2, 0) is 10.1 Å². The smallest absolute Gasteiger partial charge is 0.275 e. The van der Waals surface area contributed by atoms with E-state index < -0.39 is 26.9 Å². The molecular weight excluding hydrogens is 305 g/mol. The van der Waals surface area contributed by atoms with E-state index in [-0.39, 0.29) is 21.8 Å². The largest absolute Gasteiger partial charge is 0.507 e. The predicted molar refractivity (Wildman–Crippen MR) is 68.5 cm³/mol. The standard InChI is InChI=1S/C9H8Cl2O5S.H3N/c1-4(17(14,15)16)9(13)5-2-6(10)7(11)3-8(5)12;/h2-4,12H,1H3,(H,14,15,16);1H3. The van der Waals surface area contributed by atoms with Crippen LogP contribution < -0.4 is 6.15 Å². The lowest BCUT2D eigenvalue weighted by Gasteiger charge is -2.09. The van der Waals surface area contributed by atoms with Crippen LogP contribution in [0.5, 0.6) is 5.75 Å². The number of phenols is 1. The Labute approximate surface area is 114 Å². The van der Waals surface area contributed by atoms with Gasteiger partial charge in [-0.1, -0.05) is 23.2 Å². The van der Waals surface area contributed by atoms with E-state index in [1.165, 1.54) is 0 Å². The van der Waals surface area contributed by atoms with Crippen LogP contribution >= 0.6 is 23.2 Å². The number of hydrogen-bond acceptors (Lipinski definition) is 5. The molecule has 0 saturated heterocycles. The van der Waals surface area contributed by atoms with Crippen molar-refractivity contribution < 1.29 is 22.9 Å². The highest BCUT2D eigenvalue weighted by Gasteiger charge is 2.29. The monoisotopic (exact) mass is 315 g/mol. The summed E-state index contributed by atoms with van der Waals surface area (Å²) in [5.41, 5.74) is -0.315. The predicted octanol–water partition coefficient (Wildman–Crippen LogP) is 2.32. The van der Waals surface area contributed by atoms with Crippen molar-refractivity contribution in [1.29, 1.82) is 0 Å². The molecule has 0 aromatic heterocycles. The summed E-state index contributed by atoms with van der Waals surface area (Å²) >= 11 is 11.2. The maximum Gasteiger partial charge on any atom is 0.275 e. The number of ketones is 1. The van der Waals surface area contributed by atoms with Gasteiger partial charge in [0.2, 0.25) is 0 Å².